The SMILES string of the molecule is S=c1nc(-c2cnc3ccccc3n2)[nH][nH]1. The second kappa shape index (κ2) is 3.49. The Bertz CT molecular complexity index is 699. The van der Waals surface area contributed by atoms with Crippen LogP contribution < -0.4 is 0 Å². The van der Waals surface area contributed by atoms with Gasteiger partial charge in [0.15, 0.2) is 5.82 Å². The summed E-state index contributed by atoms with van der Waals surface area (Å²) in [4.78, 5) is 12.8. The molecule has 0 fully saturated rings. The van der Waals surface area contributed by atoms with E-state index in [0.29, 0.717) is 16.3 Å². The van der Waals surface area contributed by atoms with E-state index >= 15 is 0 Å². The Balaban J connectivity index is 2.22. The Morgan fingerprint density at radius 1 is 1.00 bits per heavy atom. The summed E-state index contributed by atoms with van der Waals surface area (Å²) in [6, 6.07) is 7.68. The minimum Gasteiger partial charge on any atom is -0.280 e. The maximum Gasteiger partial charge on any atom is 0.213 e. The zero-order valence-corrected chi connectivity index (χ0v) is 8.95. The first-order chi connectivity index (χ1) is 7.83. The number of H-pyrrole nitrogens is 2. The first-order valence-corrected chi connectivity index (χ1v) is 5.10. The van der Waals surface area contributed by atoms with E-state index in [4.69, 9.17) is 12.2 Å². The Morgan fingerprint density at radius 3 is 2.56 bits per heavy atom. The molecular formula is C10H7N5S. The minimum atomic E-state index is 0.407. The summed E-state index contributed by atoms with van der Waals surface area (Å²) in [6.07, 6.45) is 1.67. The maximum atomic E-state index is 4.88. The van der Waals surface area contributed by atoms with Gasteiger partial charge in [0.25, 0.3) is 0 Å². The molecule has 2 aromatic heterocycles. The van der Waals surface area contributed by atoms with Crippen molar-refractivity contribution in [1.29, 1.82) is 0 Å². The number of hydrogen-bond acceptors (Lipinski definition) is 4. The fourth-order valence-electron chi connectivity index (χ4n) is 1.46. The van der Waals surface area contributed by atoms with Gasteiger partial charge in [-0.25, -0.2) is 4.98 Å². The van der Waals surface area contributed by atoms with Crippen molar-refractivity contribution in [3.63, 3.8) is 0 Å². The Hall–Kier alpha value is -2.08. The maximum absolute atomic E-state index is 4.88. The average molecular weight is 229 g/mol. The summed E-state index contributed by atoms with van der Waals surface area (Å²) >= 11 is 4.88. The molecule has 78 valence electrons. The monoisotopic (exact) mass is 229 g/mol. The van der Waals surface area contributed by atoms with Crippen LogP contribution in [0.15, 0.2) is 30.5 Å². The van der Waals surface area contributed by atoms with Crippen LogP contribution in [-0.4, -0.2) is 25.1 Å². The van der Waals surface area contributed by atoms with Crippen molar-refractivity contribution in [3.05, 3.63) is 35.2 Å². The molecule has 0 bridgehead atoms. The van der Waals surface area contributed by atoms with Crippen LogP contribution >= 0.6 is 12.2 Å². The summed E-state index contributed by atoms with van der Waals surface area (Å²) in [5, 5.41) is 5.57. The quantitative estimate of drug-likeness (QED) is 0.627. The third-order valence-electron chi connectivity index (χ3n) is 2.19. The molecular weight excluding hydrogens is 222 g/mol. The molecule has 0 aliphatic rings. The van der Waals surface area contributed by atoms with Gasteiger partial charge < -0.3 is 0 Å². The zero-order valence-electron chi connectivity index (χ0n) is 8.14. The van der Waals surface area contributed by atoms with Crippen LogP contribution in [-0.2, 0) is 0 Å². The van der Waals surface area contributed by atoms with Crippen LogP contribution in [0.3, 0.4) is 0 Å². The van der Waals surface area contributed by atoms with Gasteiger partial charge in [0.1, 0.15) is 5.69 Å². The molecule has 1 aromatic carbocycles. The molecule has 0 saturated heterocycles. The smallest absolute Gasteiger partial charge is 0.213 e. The highest BCUT2D eigenvalue weighted by Gasteiger charge is 2.04. The lowest BCUT2D eigenvalue weighted by molar-refractivity contribution is 1.07. The molecule has 0 spiro atoms. The van der Waals surface area contributed by atoms with Gasteiger partial charge in [-0.15, -0.1) is 0 Å². The van der Waals surface area contributed by atoms with Crippen LogP contribution in [0.25, 0.3) is 22.6 Å². The lowest BCUT2D eigenvalue weighted by Gasteiger charge is -1.98. The highest BCUT2D eigenvalue weighted by molar-refractivity contribution is 7.71. The first kappa shape index (κ1) is 9.17. The third-order valence-corrected chi connectivity index (χ3v) is 2.39. The number of hydrogen-bond donors (Lipinski definition) is 2. The Kier molecular flexibility index (Phi) is 2.00. The number of benzene rings is 1. The molecule has 6 heteroatoms. The number of para-hydroxylation sites is 2. The van der Waals surface area contributed by atoms with Gasteiger partial charge in [-0.2, -0.15) is 4.98 Å². The van der Waals surface area contributed by atoms with Crippen LogP contribution in [0.4, 0.5) is 0 Å². The zero-order chi connectivity index (χ0) is 11.0. The fraction of sp³-hybridized carbons (Fsp3) is 0. The van der Waals surface area contributed by atoms with Gasteiger partial charge in [0, 0.05) is 0 Å². The predicted molar refractivity (Wildman–Crippen MR) is 62.3 cm³/mol. The molecule has 0 atom stereocenters. The second-order valence-electron chi connectivity index (χ2n) is 3.26. The lowest BCUT2D eigenvalue weighted by atomic mass is 10.3. The number of fused-ring (bicyclic) bond motifs is 1. The second-order valence-corrected chi connectivity index (χ2v) is 3.65. The van der Waals surface area contributed by atoms with Crippen molar-refractivity contribution in [3.8, 4) is 11.5 Å². The molecule has 0 amide bonds. The van der Waals surface area contributed by atoms with Crippen molar-refractivity contribution < 1.29 is 0 Å². The van der Waals surface area contributed by atoms with Gasteiger partial charge in [-0.1, -0.05) is 12.1 Å². The number of nitrogens with one attached hydrogen (secondary N) is 2. The van der Waals surface area contributed by atoms with E-state index in [1.54, 1.807) is 6.20 Å². The number of nitrogens with zero attached hydrogens (tertiary/aromatic N) is 3. The Morgan fingerprint density at radius 2 is 1.81 bits per heavy atom. The van der Waals surface area contributed by atoms with Crippen LogP contribution in [0.5, 0.6) is 0 Å². The fourth-order valence-corrected chi connectivity index (χ4v) is 1.61. The highest BCUT2D eigenvalue weighted by Crippen LogP contribution is 2.14. The van der Waals surface area contributed by atoms with E-state index in [1.807, 2.05) is 24.3 Å². The number of aromatic nitrogens is 5. The molecule has 16 heavy (non-hydrogen) atoms. The molecule has 2 heterocycles. The topological polar surface area (TPSA) is 70.2 Å². The Labute approximate surface area is 95.6 Å². The van der Waals surface area contributed by atoms with Crippen molar-refractivity contribution in [1.82, 2.24) is 25.1 Å². The van der Waals surface area contributed by atoms with Gasteiger partial charge in [0.2, 0.25) is 4.77 Å². The number of rotatable bonds is 1. The van der Waals surface area contributed by atoms with E-state index in [2.05, 4.69) is 25.1 Å². The van der Waals surface area contributed by atoms with Crippen molar-refractivity contribution in [2.24, 2.45) is 0 Å². The molecule has 3 rings (SSSR count). The van der Waals surface area contributed by atoms with Gasteiger partial charge in [-0.05, 0) is 24.4 Å². The summed E-state index contributed by atoms with van der Waals surface area (Å²) in [5.41, 5.74) is 2.37. The van der Waals surface area contributed by atoms with E-state index in [9.17, 15) is 0 Å². The molecule has 5 nitrogen and oxygen atoms in total. The van der Waals surface area contributed by atoms with E-state index in [1.165, 1.54) is 0 Å². The first-order valence-electron chi connectivity index (χ1n) is 4.70. The van der Waals surface area contributed by atoms with Crippen molar-refractivity contribution in [2.45, 2.75) is 0 Å². The molecule has 2 N–H and O–H groups in total. The number of aromatic amines is 2. The lowest BCUT2D eigenvalue weighted by Crippen LogP contribution is -1.89. The summed E-state index contributed by atoms with van der Waals surface area (Å²) in [5.74, 6) is 0.600. The standard InChI is InChI=1S/C10H7N5S/c16-10-13-9(14-15-10)8-5-11-6-3-1-2-4-7(6)12-8/h1-5H,(H2,13,14,15,16). The molecule has 0 unspecified atom stereocenters. The minimum absolute atomic E-state index is 0.407. The average Bonchev–Trinajstić information content (AvgIpc) is 2.75. The highest BCUT2D eigenvalue weighted by atomic mass is 32.1. The van der Waals surface area contributed by atoms with Crippen LogP contribution in [0, 0.1) is 4.77 Å². The third kappa shape index (κ3) is 1.49. The van der Waals surface area contributed by atoms with E-state index in [0.717, 1.165) is 11.0 Å². The predicted octanol–water partition coefficient (Wildman–Crippen LogP) is 2.08. The van der Waals surface area contributed by atoms with Gasteiger partial charge in [-0.3, -0.25) is 15.2 Å². The van der Waals surface area contributed by atoms with Crippen LogP contribution in [0.2, 0.25) is 0 Å². The molecule has 0 aliphatic heterocycles. The van der Waals surface area contributed by atoms with E-state index < -0.39 is 0 Å². The molecule has 3 aromatic rings. The molecule has 0 aliphatic carbocycles. The summed E-state index contributed by atoms with van der Waals surface area (Å²) in [7, 11) is 0. The van der Waals surface area contributed by atoms with Crippen molar-refractivity contribution >= 4 is 23.3 Å². The normalized spacial score (nSPS) is 10.8. The molecule has 0 saturated carbocycles. The van der Waals surface area contributed by atoms with Crippen molar-refractivity contribution in [2.75, 3.05) is 0 Å². The van der Waals surface area contributed by atoms with Gasteiger partial charge in [0.05, 0.1) is 17.2 Å². The largest absolute Gasteiger partial charge is 0.280 e. The summed E-state index contributed by atoms with van der Waals surface area (Å²) in [6.45, 7) is 0. The molecule has 0 radical (unpaired) electrons. The van der Waals surface area contributed by atoms with E-state index in [-0.39, 0.29) is 0 Å². The van der Waals surface area contributed by atoms with Crippen LogP contribution in [0.1, 0.15) is 0 Å². The summed E-state index contributed by atoms with van der Waals surface area (Å²) < 4.78 is 0.407. The van der Waals surface area contributed by atoms with Gasteiger partial charge >= 0.3 is 0 Å².